The lowest BCUT2D eigenvalue weighted by atomic mass is 9.98. The Labute approximate surface area is 144 Å². The Balaban J connectivity index is 1.54. The minimum Gasteiger partial charge on any atom is -0.486 e. The summed E-state index contributed by atoms with van der Waals surface area (Å²) >= 11 is 6.30. The van der Waals surface area contributed by atoms with Crippen LogP contribution in [0, 0.1) is 0 Å². The van der Waals surface area contributed by atoms with Crippen LogP contribution in [0.4, 0.5) is 0 Å². The molecule has 0 unspecified atom stereocenters. The molecular formula is C18H27ClN2O2. The van der Waals surface area contributed by atoms with Crippen molar-refractivity contribution in [1.82, 2.24) is 10.2 Å². The zero-order valence-electron chi connectivity index (χ0n) is 14.3. The van der Waals surface area contributed by atoms with Gasteiger partial charge in [-0.25, -0.2) is 0 Å². The van der Waals surface area contributed by atoms with E-state index in [9.17, 15) is 0 Å². The summed E-state index contributed by atoms with van der Waals surface area (Å²) in [5.41, 5.74) is 1.42. The van der Waals surface area contributed by atoms with E-state index >= 15 is 0 Å². The lowest BCUT2D eigenvalue weighted by molar-refractivity contribution is 0.0960. The highest BCUT2D eigenvalue weighted by Crippen LogP contribution is 2.38. The molecule has 0 atom stereocenters. The first kappa shape index (κ1) is 16.9. The number of rotatable bonds is 3. The molecule has 2 aliphatic rings. The zero-order chi connectivity index (χ0) is 16.4. The maximum atomic E-state index is 6.30. The average Bonchev–Trinajstić information content (AvgIpc) is 2.52. The van der Waals surface area contributed by atoms with Crippen LogP contribution in [0.25, 0.3) is 0 Å². The number of piperidine rings is 1. The van der Waals surface area contributed by atoms with E-state index in [1.165, 1.54) is 12.8 Å². The molecule has 0 radical (unpaired) electrons. The van der Waals surface area contributed by atoms with Crippen molar-refractivity contribution in [3.05, 3.63) is 22.7 Å². The van der Waals surface area contributed by atoms with Crippen LogP contribution in [-0.4, -0.2) is 42.8 Å². The molecule has 1 fully saturated rings. The van der Waals surface area contributed by atoms with Crippen molar-refractivity contribution in [2.75, 3.05) is 26.3 Å². The van der Waals surface area contributed by atoms with E-state index in [1.54, 1.807) is 0 Å². The number of ether oxygens (including phenoxy) is 2. The smallest absolute Gasteiger partial charge is 0.179 e. The fourth-order valence-corrected chi connectivity index (χ4v) is 3.57. The van der Waals surface area contributed by atoms with Crippen molar-refractivity contribution in [2.45, 2.75) is 51.7 Å². The van der Waals surface area contributed by atoms with Crippen molar-refractivity contribution >= 4 is 11.6 Å². The van der Waals surface area contributed by atoms with Gasteiger partial charge in [0.15, 0.2) is 11.5 Å². The fourth-order valence-electron chi connectivity index (χ4n) is 3.28. The summed E-state index contributed by atoms with van der Waals surface area (Å²) in [6, 6.07) is 4.59. The van der Waals surface area contributed by atoms with Crippen LogP contribution < -0.4 is 14.8 Å². The maximum Gasteiger partial charge on any atom is 0.179 e. The van der Waals surface area contributed by atoms with Gasteiger partial charge in [-0.3, -0.25) is 4.90 Å². The first-order valence-electron chi connectivity index (χ1n) is 8.50. The quantitative estimate of drug-likeness (QED) is 0.915. The molecule has 1 saturated heterocycles. The van der Waals surface area contributed by atoms with Gasteiger partial charge >= 0.3 is 0 Å². The molecule has 1 aromatic carbocycles. The second-order valence-corrected chi connectivity index (χ2v) is 7.82. The number of hydrogen-bond acceptors (Lipinski definition) is 4. The van der Waals surface area contributed by atoms with Crippen LogP contribution in [0.5, 0.6) is 11.5 Å². The number of fused-ring (bicyclic) bond motifs is 1. The van der Waals surface area contributed by atoms with Crippen LogP contribution in [0.15, 0.2) is 12.1 Å². The van der Waals surface area contributed by atoms with E-state index in [0.717, 1.165) is 30.9 Å². The van der Waals surface area contributed by atoms with Gasteiger partial charge in [-0.05, 0) is 51.3 Å². The highest BCUT2D eigenvalue weighted by atomic mass is 35.5. The first-order valence-corrected chi connectivity index (χ1v) is 8.88. The largest absolute Gasteiger partial charge is 0.486 e. The third-order valence-corrected chi connectivity index (χ3v) is 4.98. The number of halogens is 1. The number of nitrogens with one attached hydrogen (secondary N) is 1. The molecule has 3 rings (SSSR count). The Hall–Kier alpha value is -0.970. The lowest BCUT2D eigenvalue weighted by Crippen LogP contribution is -2.49. The fraction of sp³-hybridized carbons (Fsp3) is 0.667. The van der Waals surface area contributed by atoms with Crippen LogP contribution in [0.2, 0.25) is 5.02 Å². The zero-order valence-corrected chi connectivity index (χ0v) is 15.1. The van der Waals surface area contributed by atoms with Gasteiger partial charge in [-0.15, -0.1) is 0 Å². The first-order chi connectivity index (χ1) is 10.9. The van der Waals surface area contributed by atoms with E-state index in [4.69, 9.17) is 21.1 Å². The van der Waals surface area contributed by atoms with Crippen LogP contribution in [0.1, 0.15) is 39.2 Å². The molecule has 0 amide bonds. The Morgan fingerprint density at radius 1 is 1.17 bits per heavy atom. The Bertz CT molecular complexity index is 549. The Morgan fingerprint density at radius 2 is 1.87 bits per heavy atom. The molecule has 0 aromatic heterocycles. The van der Waals surface area contributed by atoms with Gasteiger partial charge in [0, 0.05) is 31.2 Å². The van der Waals surface area contributed by atoms with Crippen molar-refractivity contribution in [1.29, 1.82) is 0 Å². The number of benzene rings is 1. The highest BCUT2D eigenvalue weighted by Gasteiger charge is 2.26. The minimum atomic E-state index is 0.272. The molecule has 1 aromatic rings. The minimum absolute atomic E-state index is 0.272. The third kappa shape index (κ3) is 4.11. The number of hydrogen-bond donors (Lipinski definition) is 1. The summed E-state index contributed by atoms with van der Waals surface area (Å²) in [7, 11) is 0. The highest BCUT2D eigenvalue weighted by molar-refractivity contribution is 6.32. The Kier molecular flexibility index (Phi) is 5.04. The van der Waals surface area contributed by atoms with Crippen molar-refractivity contribution in [3.63, 3.8) is 0 Å². The predicted octanol–water partition coefficient (Wildman–Crippen LogP) is 3.46. The molecule has 2 heterocycles. The molecule has 23 heavy (non-hydrogen) atoms. The molecule has 5 heteroatoms. The van der Waals surface area contributed by atoms with E-state index < -0.39 is 0 Å². The number of nitrogens with zero attached hydrogens (tertiary/aromatic N) is 1. The lowest BCUT2D eigenvalue weighted by Gasteiger charge is -2.41. The summed E-state index contributed by atoms with van der Waals surface area (Å²) in [5.74, 6) is 1.45. The van der Waals surface area contributed by atoms with Gasteiger partial charge in [0.1, 0.15) is 13.2 Å². The molecule has 0 aliphatic carbocycles. The van der Waals surface area contributed by atoms with Gasteiger partial charge in [-0.1, -0.05) is 11.6 Å². The van der Waals surface area contributed by atoms with E-state index in [1.807, 2.05) is 12.1 Å². The maximum absolute atomic E-state index is 6.30. The average molecular weight is 339 g/mol. The van der Waals surface area contributed by atoms with E-state index in [2.05, 4.69) is 31.0 Å². The normalized spacial score (nSPS) is 19.8. The summed E-state index contributed by atoms with van der Waals surface area (Å²) in [4.78, 5) is 2.56. The van der Waals surface area contributed by atoms with Crippen LogP contribution in [-0.2, 0) is 6.54 Å². The molecule has 0 spiro atoms. The second-order valence-electron chi connectivity index (χ2n) is 7.41. The second kappa shape index (κ2) is 6.88. The third-order valence-electron chi connectivity index (χ3n) is 4.70. The SMILES string of the molecule is CC(C)(C)N1CCC(NCc2cc(Cl)c3c(c2)OCCO3)CC1. The van der Waals surface area contributed by atoms with Gasteiger partial charge < -0.3 is 14.8 Å². The molecule has 128 valence electrons. The summed E-state index contributed by atoms with van der Waals surface area (Å²) < 4.78 is 11.2. The van der Waals surface area contributed by atoms with Crippen molar-refractivity contribution < 1.29 is 9.47 Å². The summed E-state index contributed by atoms with van der Waals surface area (Å²) in [5, 5.41) is 4.30. The molecule has 2 aliphatic heterocycles. The summed E-state index contributed by atoms with van der Waals surface area (Å²) in [6.45, 7) is 11.2. The van der Waals surface area contributed by atoms with Gasteiger partial charge in [-0.2, -0.15) is 0 Å². The Morgan fingerprint density at radius 3 is 2.57 bits per heavy atom. The molecule has 0 bridgehead atoms. The van der Waals surface area contributed by atoms with Crippen LogP contribution >= 0.6 is 11.6 Å². The topological polar surface area (TPSA) is 33.7 Å². The van der Waals surface area contributed by atoms with E-state index in [-0.39, 0.29) is 5.54 Å². The molecular weight excluding hydrogens is 312 g/mol. The van der Waals surface area contributed by atoms with Crippen molar-refractivity contribution in [2.24, 2.45) is 0 Å². The van der Waals surface area contributed by atoms with Gasteiger partial charge in [0.2, 0.25) is 0 Å². The number of likely N-dealkylation sites (tertiary alicyclic amines) is 1. The van der Waals surface area contributed by atoms with Gasteiger partial charge in [0.25, 0.3) is 0 Å². The van der Waals surface area contributed by atoms with Gasteiger partial charge in [0.05, 0.1) is 5.02 Å². The van der Waals surface area contributed by atoms with Crippen LogP contribution in [0.3, 0.4) is 0 Å². The monoisotopic (exact) mass is 338 g/mol. The molecule has 4 nitrogen and oxygen atoms in total. The molecule has 1 N–H and O–H groups in total. The van der Waals surface area contributed by atoms with Crippen molar-refractivity contribution in [3.8, 4) is 11.5 Å². The van der Waals surface area contributed by atoms with E-state index in [0.29, 0.717) is 30.0 Å². The predicted molar refractivity (Wildman–Crippen MR) is 93.6 cm³/mol. The molecule has 0 saturated carbocycles. The summed E-state index contributed by atoms with van der Waals surface area (Å²) in [6.07, 6.45) is 2.38. The standard InChI is InChI=1S/C18H27ClN2O2/c1-18(2,3)21-6-4-14(5-7-21)20-12-13-10-15(19)17-16(11-13)22-8-9-23-17/h10-11,14,20H,4-9,12H2,1-3H3.